The van der Waals surface area contributed by atoms with E-state index in [1.54, 1.807) is 38.1 Å². The minimum Gasteiger partial charge on any atom is -0.452 e. The van der Waals surface area contributed by atoms with Gasteiger partial charge in [0.1, 0.15) is 0 Å². The van der Waals surface area contributed by atoms with Gasteiger partial charge in [0.05, 0.1) is 16.7 Å². The van der Waals surface area contributed by atoms with Gasteiger partial charge in [-0.1, -0.05) is 17.7 Å². The van der Waals surface area contributed by atoms with Crippen molar-refractivity contribution in [3.05, 3.63) is 64.2 Å². The number of hydrogen-bond acceptors (Lipinski definition) is 5. The van der Waals surface area contributed by atoms with E-state index in [1.807, 2.05) is 0 Å². The molecule has 0 atom stereocenters. The fourth-order valence-corrected chi connectivity index (χ4v) is 3.02. The molecule has 7 nitrogen and oxygen atoms in total. The summed E-state index contributed by atoms with van der Waals surface area (Å²) in [5.74, 6) is -2.15. The average molecular weight is 401 g/mol. The van der Waals surface area contributed by atoms with Gasteiger partial charge in [-0.15, -0.1) is 0 Å². The van der Waals surface area contributed by atoms with Gasteiger partial charge in [0, 0.05) is 16.8 Å². The van der Waals surface area contributed by atoms with E-state index in [-0.39, 0.29) is 22.7 Å². The Morgan fingerprint density at radius 3 is 2.46 bits per heavy atom. The fourth-order valence-electron chi connectivity index (χ4n) is 2.83. The highest BCUT2D eigenvalue weighted by Gasteiger charge is 2.37. The third-order valence-corrected chi connectivity index (χ3v) is 4.35. The number of carbonyl (C=O) groups is 4. The summed E-state index contributed by atoms with van der Waals surface area (Å²) >= 11 is 5.84. The number of anilines is 1. The van der Waals surface area contributed by atoms with Crippen LogP contribution in [0.15, 0.2) is 42.5 Å². The Kier molecular flexibility index (Phi) is 5.46. The molecule has 0 saturated carbocycles. The quantitative estimate of drug-likeness (QED) is 0.614. The van der Waals surface area contributed by atoms with Crippen molar-refractivity contribution in [3.63, 3.8) is 0 Å². The molecular weight excluding hydrogens is 384 g/mol. The molecule has 0 aromatic heterocycles. The number of ether oxygens (including phenoxy) is 1. The summed E-state index contributed by atoms with van der Waals surface area (Å²) < 4.78 is 4.99. The standard InChI is InChI=1S/C20H17ClN2O5/c1-11(2)23-18(25)15-7-6-12(8-16(15)19(23)26)20(27)28-10-17(24)22-14-5-3-4-13(21)9-14/h3-9,11H,10H2,1-2H3,(H,22,24). The van der Waals surface area contributed by atoms with E-state index in [0.717, 1.165) is 4.90 Å². The molecule has 1 heterocycles. The van der Waals surface area contributed by atoms with Gasteiger partial charge in [-0.3, -0.25) is 19.3 Å². The first-order valence-electron chi connectivity index (χ1n) is 8.52. The summed E-state index contributed by atoms with van der Waals surface area (Å²) in [6.07, 6.45) is 0. The molecule has 0 bridgehead atoms. The fraction of sp³-hybridized carbons (Fsp3) is 0.200. The van der Waals surface area contributed by atoms with E-state index in [2.05, 4.69) is 5.32 Å². The normalized spacial score (nSPS) is 12.9. The van der Waals surface area contributed by atoms with E-state index in [4.69, 9.17) is 16.3 Å². The lowest BCUT2D eigenvalue weighted by Gasteiger charge is -2.17. The molecule has 0 radical (unpaired) electrons. The molecule has 2 aromatic carbocycles. The monoisotopic (exact) mass is 400 g/mol. The van der Waals surface area contributed by atoms with E-state index in [1.165, 1.54) is 18.2 Å². The second-order valence-corrected chi connectivity index (χ2v) is 6.91. The number of nitrogens with one attached hydrogen (secondary N) is 1. The van der Waals surface area contributed by atoms with Crippen molar-refractivity contribution in [2.24, 2.45) is 0 Å². The van der Waals surface area contributed by atoms with Crippen LogP contribution < -0.4 is 5.32 Å². The van der Waals surface area contributed by atoms with Crippen molar-refractivity contribution < 1.29 is 23.9 Å². The van der Waals surface area contributed by atoms with Gasteiger partial charge in [-0.25, -0.2) is 4.79 Å². The van der Waals surface area contributed by atoms with Gasteiger partial charge >= 0.3 is 5.97 Å². The van der Waals surface area contributed by atoms with Crippen LogP contribution in [0.2, 0.25) is 5.02 Å². The smallest absolute Gasteiger partial charge is 0.338 e. The summed E-state index contributed by atoms with van der Waals surface area (Å²) in [5.41, 5.74) is 0.954. The molecule has 0 unspecified atom stereocenters. The third-order valence-electron chi connectivity index (χ3n) is 4.11. The predicted molar refractivity (Wildman–Crippen MR) is 102 cm³/mol. The summed E-state index contributed by atoms with van der Waals surface area (Å²) in [5, 5.41) is 3.02. The molecule has 144 valence electrons. The van der Waals surface area contributed by atoms with Gasteiger partial charge < -0.3 is 10.1 Å². The predicted octanol–water partition coefficient (Wildman–Crippen LogP) is 3.14. The molecule has 28 heavy (non-hydrogen) atoms. The van der Waals surface area contributed by atoms with E-state index in [0.29, 0.717) is 10.7 Å². The van der Waals surface area contributed by atoms with Crippen molar-refractivity contribution in [1.82, 2.24) is 4.90 Å². The molecule has 1 aliphatic heterocycles. The first-order chi connectivity index (χ1) is 13.3. The summed E-state index contributed by atoms with van der Waals surface area (Å²) in [7, 11) is 0. The zero-order valence-corrected chi connectivity index (χ0v) is 15.9. The maximum atomic E-state index is 12.4. The van der Waals surface area contributed by atoms with Crippen LogP contribution >= 0.6 is 11.6 Å². The summed E-state index contributed by atoms with van der Waals surface area (Å²) in [6.45, 7) is 2.96. The number of imide groups is 1. The number of nitrogens with zero attached hydrogens (tertiary/aromatic N) is 1. The van der Waals surface area contributed by atoms with Crippen LogP contribution in [0.5, 0.6) is 0 Å². The zero-order chi connectivity index (χ0) is 20.4. The second-order valence-electron chi connectivity index (χ2n) is 6.47. The van der Waals surface area contributed by atoms with Crippen molar-refractivity contribution in [1.29, 1.82) is 0 Å². The van der Waals surface area contributed by atoms with E-state index < -0.39 is 30.3 Å². The average Bonchev–Trinajstić information content (AvgIpc) is 2.90. The highest BCUT2D eigenvalue weighted by molar-refractivity contribution is 6.30. The lowest BCUT2D eigenvalue weighted by Crippen LogP contribution is -2.35. The lowest BCUT2D eigenvalue weighted by atomic mass is 10.1. The van der Waals surface area contributed by atoms with E-state index >= 15 is 0 Å². The first kappa shape index (κ1) is 19.6. The Labute approximate surface area is 166 Å². The van der Waals surface area contributed by atoms with Crippen LogP contribution in [0.4, 0.5) is 5.69 Å². The number of esters is 1. The van der Waals surface area contributed by atoms with Gasteiger partial charge in [-0.2, -0.15) is 0 Å². The highest BCUT2D eigenvalue weighted by atomic mass is 35.5. The number of benzene rings is 2. The van der Waals surface area contributed by atoms with Crippen molar-refractivity contribution in [2.45, 2.75) is 19.9 Å². The Hall–Kier alpha value is -3.19. The minimum absolute atomic E-state index is 0.0843. The third kappa shape index (κ3) is 3.89. The number of amides is 3. The number of fused-ring (bicyclic) bond motifs is 1. The lowest BCUT2D eigenvalue weighted by molar-refractivity contribution is -0.119. The van der Waals surface area contributed by atoms with Crippen molar-refractivity contribution in [3.8, 4) is 0 Å². The molecule has 8 heteroatoms. The Morgan fingerprint density at radius 2 is 1.79 bits per heavy atom. The van der Waals surface area contributed by atoms with Crippen LogP contribution in [-0.4, -0.2) is 41.2 Å². The van der Waals surface area contributed by atoms with Crippen molar-refractivity contribution >= 4 is 41.0 Å². The van der Waals surface area contributed by atoms with Gasteiger partial charge in [0.2, 0.25) is 0 Å². The molecule has 0 spiro atoms. The molecule has 0 aliphatic carbocycles. The van der Waals surface area contributed by atoms with Crippen LogP contribution in [-0.2, 0) is 9.53 Å². The van der Waals surface area contributed by atoms with Gasteiger partial charge in [-0.05, 0) is 50.2 Å². The first-order valence-corrected chi connectivity index (χ1v) is 8.90. The molecule has 1 N–H and O–H groups in total. The van der Waals surface area contributed by atoms with Crippen LogP contribution in [0.1, 0.15) is 44.9 Å². The van der Waals surface area contributed by atoms with Gasteiger partial charge in [0.25, 0.3) is 17.7 Å². The van der Waals surface area contributed by atoms with Crippen LogP contribution in [0, 0.1) is 0 Å². The Balaban J connectivity index is 1.65. The van der Waals surface area contributed by atoms with Crippen LogP contribution in [0.25, 0.3) is 0 Å². The number of carbonyl (C=O) groups excluding carboxylic acids is 4. The zero-order valence-electron chi connectivity index (χ0n) is 15.2. The number of rotatable bonds is 5. The SMILES string of the molecule is CC(C)N1C(=O)c2ccc(C(=O)OCC(=O)Nc3cccc(Cl)c3)cc2C1=O. The second kappa shape index (κ2) is 7.82. The van der Waals surface area contributed by atoms with Gasteiger partial charge in [0.15, 0.2) is 6.61 Å². The molecule has 3 amide bonds. The number of halogens is 1. The number of hydrogen-bond donors (Lipinski definition) is 1. The molecule has 1 aliphatic rings. The molecule has 0 saturated heterocycles. The maximum absolute atomic E-state index is 12.4. The summed E-state index contributed by atoms with van der Waals surface area (Å²) in [6, 6.07) is 10.4. The maximum Gasteiger partial charge on any atom is 0.338 e. The molecular formula is C20H17ClN2O5. The topological polar surface area (TPSA) is 92.8 Å². The largest absolute Gasteiger partial charge is 0.452 e. The Bertz CT molecular complexity index is 986. The minimum atomic E-state index is -0.771. The molecule has 2 aromatic rings. The van der Waals surface area contributed by atoms with E-state index in [9.17, 15) is 19.2 Å². The Morgan fingerprint density at radius 1 is 1.07 bits per heavy atom. The van der Waals surface area contributed by atoms with Crippen LogP contribution in [0.3, 0.4) is 0 Å². The summed E-state index contributed by atoms with van der Waals surface area (Å²) in [4.78, 5) is 50.0. The highest BCUT2D eigenvalue weighted by Crippen LogP contribution is 2.26. The van der Waals surface area contributed by atoms with Crippen molar-refractivity contribution in [2.75, 3.05) is 11.9 Å². The molecule has 0 fully saturated rings. The molecule has 3 rings (SSSR count).